The molecule has 0 aromatic rings. The van der Waals surface area contributed by atoms with Gasteiger partial charge in [0.2, 0.25) is 0 Å². The average molecular weight is 202 g/mol. The Kier molecular flexibility index (Phi) is 6.16. The molecule has 0 aliphatic carbocycles. The summed E-state index contributed by atoms with van der Waals surface area (Å²) in [5, 5.41) is 18.4. The first-order valence-electron chi connectivity index (χ1n) is 4.70. The Labute approximate surface area is 84.2 Å². The van der Waals surface area contributed by atoms with Crippen LogP contribution >= 0.6 is 0 Å². The van der Waals surface area contributed by atoms with E-state index in [-0.39, 0.29) is 5.92 Å². The fourth-order valence-corrected chi connectivity index (χ4v) is 0.974. The smallest absolute Gasteiger partial charge is 0.330 e. The third kappa shape index (κ3) is 4.99. The minimum absolute atomic E-state index is 0.278. The number of hydrogen-bond acceptors (Lipinski definition) is 4. The lowest BCUT2D eigenvalue weighted by molar-refractivity contribution is -0.137. The van der Waals surface area contributed by atoms with E-state index in [2.05, 4.69) is 4.74 Å². The second kappa shape index (κ2) is 6.56. The molecule has 82 valence electrons. The van der Waals surface area contributed by atoms with Crippen LogP contribution in [-0.2, 0) is 9.53 Å². The van der Waals surface area contributed by atoms with Crippen molar-refractivity contribution in [3.05, 3.63) is 12.2 Å². The Morgan fingerprint density at radius 1 is 1.43 bits per heavy atom. The van der Waals surface area contributed by atoms with Crippen LogP contribution in [0.4, 0.5) is 0 Å². The number of aliphatic hydroxyl groups is 2. The molecule has 0 heterocycles. The molecule has 0 aromatic heterocycles. The van der Waals surface area contributed by atoms with Crippen molar-refractivity contribution >= 4 is 5.97 Å². The van der Waals surface area contributed by atoms with Gasteiger partial charge in [-0.3, -0.25) is 0 Å². The van der Waals surface area contributed by atoms with Crippen LogP contribution in [0.1, 0.15) is 20.8 Å². The largest absolute Gasteiger partial charge is 0.463 e. The number of carbonyl (C=O) groups is 1. The summed E-state index contributed by atoms with van der Waals surface area (Å²) in [4.78, 5) is 10.9. The van der Waals surface area contributed by atoms with E-state index >= 15 is 0 Å². The molecule has 4 nitrogen and oxygen atoms in total. The van der Waals surface area contributed by atoms with Crippen LogP contribution in [0.15, 0.2) is 12.2 Å². The zero-order chi connectivity index (χ0) is 11.1. The Morgan fingerprint density at radius 2 is 2.00 bits per heavy atom. The molecule has 0 radical (unpaired) electrons. The minimum atomic E-state index is -0.860. The molecule has 0 bridgehead atoms. The Hall–Kier alpha value is -0.870. The van der Waals surface area contributed by atoms with E-state index in [0.717, 1.165) is 0 Å². The van der Waals surface area contributed by atoms with Gasteiger partial charge in [-0.05, 0) is 13.8 Å². The molecule has 14 heavy (non-hydrogen) atoms. The quantitative estimate of drug-likeness (QED) is 0.503. The van der Waals surface area contributed by atoms with Gasteiger partial charge >= 0.3 is 5.97 Å². The van der Waals surface area contributed by atoms with Crippen LogP contribution in [0.2, 0.25) is 0 Å². The predicted molar refractivity (Wildman–Crippen MR) is 52.6 cm³/mol. The normalized spacial score (nSPS) is 17.8. The van der Waals surface area contributed by atoms with Crippen molar-refractivity contribution in [3.63, 3.8) is 0 Å². The average Bonchev–Trinajstić information content (AvgIpc) is 2.13. The van der Waals surface area contributed by atoms with Crippen molar-refractivity contribution in [1.82, 2.24) is 0 Å². The molecule has 4 heteroatoms. The molecular weight excluding hydrogens is 184 g/mol. The molecule has 0 amide bonds. The Morgan fingerprint density at radius 3 is 2.43 bits per heavy atom. The number of carbonyl (C=O) groups excluding carboxylic acids is 1. The summed E-state index contributed by atoms with van der Waals surface area (Å²) < 4.78 is 4.66. The van der Waals surface area contributed by atoms with Crippen LogP contribution in [0.3, 0.4) is 0 Å². The van der Waals surface area contributed by atoms with Crippen LogP contribution in [0.5, 0.6) is 0 Å². The summed E-state index contributed by atoms with van der Waals surface area (Å²) in [6.07, 6.45) is 1.12. The van der Waals surface area contributed by atoms with Gasteiger partial charge in [-0.2, -0.15) is 0 Å². The molecule has 0 aromatic carbocycles. The number of hydrogen-bond donors (Lipinski definition) is 2. The van der Waals surface area contributed by atoms with Gasteiger partial charge in [0.15, 0.2) is 0 Å². The van der Waals surface area contributed by atoms with Gasteiger partial charge in [0.25, 0.3) is 0 Å². The van der Waals surface area contributed by atoms with E-state index < -0.39 is 18.2 Å². The predicted octanol–water partition coefficient (Wildman–Crippen LogP) is 0.483. The molecule has 0 fully saturated rings. The van der Waals surface area contributed by atoms with Crippen molar-refractivity contribution in [2.24, 2.45) is 5.92 Å². The highest BCUT2D eigenvalue weighted by molar-refractivity contribution is 5.81. The maximum absolute atomic E-state index is 10.9. The molecule has 0 spiro atoms. The first-order chi connectivity index (χ1) is 6.49. The standard InChI is InChI=1S/C10H18O4/c1-4-14-9(12)6-5-7(2)10(13)8(3)11/h5-8,10-11,13H,4H2,1-3H3/b6-5+/t7-,8+,10-/m1/s1. The summed E-state index contributed by atoms with van der Waals surface area (Å²) in [7, 11) is 0. The van der Waals surface area contributed by atoms with E-state index in [1.54, 1.807) is 13.8 Å². The van der Waals surface area contributed by atoms with E-state index in [4.69, 9.17) is 5.11 Å². The lowest BCUT2D eigenvalue weighted by Gasteiger charge is -2.17. The molecule has 0 saturated heterocycles. The van der Waals surface area contributed by atoms with Crippen molar-refractivity contribution in [2.45, 2.75) is 33.0 Å². The van der Waals surface area contributed by atoms with Gasteiger partial charge in [-0.15, -0.1) is 0 Å². The van der Waals surface area contributed by atoms with Crippen molar-refractivity contribution < 1.29 is 19.7 Å². The topological polar surface area (TPSA) is 66.8 Å². The highest BCUT2D eigenvalue weighted by atomic mass is 16.5. The second-order valence-electron chi connectivity index (χ2n) is 3.20. The Balaban J connectivity index is 4.04. The van der Waals surface area contributed by atoms with Crippen molar-refractivity contribution in [3.8, 4) is 0 Å². The molecule has 0 unspecified atom stereocenters. The van der Waals surface area contributed by atoms with E-state index in [1.165, 1.54) is 19.1 Å². The number of aliphatic hydroxyl groups excluding tert-OH is 2. The van der Waals surface area contributed by atoms with E-state index in [1.807, 2.05) is 0 Å². The van der Waals surface area contributed by atoms with Gasteiger partial charge in [-0.1, -0.05) is 13.0 Å². The molecule has 2 N–H and O–H groups in total. The Bertz CT molecular complexity index is 198. The third-order valence-electron chi connectivity index (χ3n) is 1.86. The monoisotopic (exact) mass is 202 g/mol. The summed E-state index contributed by atoms with van der Waals surface area (Å²) in [6.45, 7) is 5.27. The maximum Gasteiger partial charge on any atom is 0.330 e. The van der Waals surface area contributed by atoms with Crippen molar-refractivity contribution in [2.75, 3.05) is 6.61 Å². The molecular formula is C10H18O4. The summed E-state index contributed by atoms with van der Waals surface area (Å²) in [5.74, 6) is -0.712. The molecule has 3 atom stereocenters. The highest BCUT2D eigenvalue weighted by Gasteiger charge is 2.16. The van der Waals surface area contributed by atoms with Gasteiger partial charge < -0.3 is 14.9 Å². The SMILES string of the molecule is CCOC(=O)/C=C/[C@@H](C)[C@@H](O)[C@H](C)O. The van der Waals surface area contributed by atoms with Crippen molar-refractivity contribution in [1.29, 1.82) is 0 Å². The number of esters is 1. The second-order valence-corrected chi connectivity index (χ2v) is 3.20. The first kappa shape index (κ1) is 13.1. The van der Waals surface area contributed by atoms with E-state index in [9.17, 15) is 9.90 Å². The maximum atomic E-state index is 10.9. The van der Waals surface area contributed by atoms with Crippen LogP contribution in [0, 0.1) is 5.92 Å². The fourth-order valence-electron chi connectivity index (χ4n) is 0.974. The lowest BCUT2D eigenvalue weighted by Crippen LogP contribution is -2.28. The van der Waals surface area contributed by atoms with Crippen LogP contribution in [0.25, 0.3) is 0 Å². The lowest BCUT2D eigenvalue weighted by atomic mass is 10.0. The summed E-state index contributed by atoms with van der Waals surface area (Å²) >= 11 is 0. The van der Waals surface area contributed by atoms with Gasteiger partial charge in [-0.25, -0.2) is 4.79 Å². The summed E-state index contributed by atoms with van der Waals surface area (Å²) in [5.41, 5.74) is 0. The molecule has 0 aliphatic rings. The zero-order valence-corrected chi connectivity index (χ0v) is 8.80. The fraction of sp³-hybridized carbons (Fsp3) is 0.700. The number of rotatable bonds is 5. The van der Waals surface area contributed by atoms with Gasteiger partial charge in [0.05, 0.1) is 18.8 Å². The third-order valence-corrected chi connectivity index (χ3v) is 1.86. The summed E-state index contributed by atoms with van der Waals surface area (Å²) in [6, 6.07) is 0. The molecule has 0 rings (SSSR count). The van der Waals surface area contributed by atoms with Crippen LogP contribution < -0.4 is 0 Å². The zero-order valence-electron chi connectivity index (χ0n) is 8.80. The van der Waals surface area contributed by atoms with Gasteiger partial charge in [0, 0.05) is 12.0 Å². The highest BCUT2D eigenvalue weighted by Crippen LogP contribution is 2.08. The first-order valence-corrected chi connectivity index (χ1v) is 4.70. The van der Waals surface area contributed by atoms with Crippen LogP contribution in [-0.4, -0.2) is 35.0 Å². The minimum Gasteiger partial charge on any atom is -0.463 e. The molecule has 0 saturated carbocycles. The van der Waals surface area contributed by atoms with E-state index in [0.29, 0.717) is 6.61 Å². The number of ether oxygens (including phenoxy) is 1. The van der Waals surface area contributed by atoms with Gasteiger partial charge in [0.1, 0.15) is 0 Å². The molecule has 0 aliphatic heterocycles.